The van der Waals surface area contributed by atoms with Gasteiger partial charge in [-0.2, -0.15) is 0 Å². The molecule has 3 nitrogen and oxygen atoms in total. The molecule has 1 unspecified atom stereocenters. The van der Waals surface area contributed by atoms with E-state index in [1.165, 1.54) is 5.69 Å². The fraction of sp³-hybridized carbons (Fsp3) is 0.357. The molecule has 102 valence electrons. The second kappa shape index (κ2) is 6.37. The topological polar surface area (TPSA) is 26.5 Å². The van der Waals surface area contributed by atoms with Crippen molar-refractivity contribution in [3.05, 3.63) is 45.2 Å². The van der Waals surface area contributed by atoms with Gasteiger partial charge < -0.3 is 9.30 Å². The standard InChI is InChI=1S/C14H17ClN2OS/c1-10(8-18-3)17-11(2)9-19-14(17)16-13-6-4-5-12(15)7-13/h4-7,9-10H,8H2,1-3H3. The zero-order chi connectivity index (χ0) is 13.8. The molecule has 0 amide bonds. The van der Waals surface area contributed by atoms with Crippen molar-refractivity contribution < 1.29 is 4.74 Å². The summed E-state index contributed by atoms with van der Waals surface area (Å²) in [6.07, 6.45) is 0. The van der Waals surface area contributed by atoms with Gasteiger partial charge in [0.05, 0.1) is 18.3 Å². The van der Waals surface area contributed by atoms with E-state index in [-0.39, 0.29) is 6.04 Å². The first kappa shape index (κ1) is 14.3. The maximum Gasteiger partial charge on any atom is 0.190 e. The lowest BCUT2D eigenvalue weighted by atomic mass is 10.3. The molecule has 1 aromatic heterocycles. The zero-order valence-electron chi connectivity index (χ0n) is 11.3. The molecule has 0 saturated heterocycles. The van der Waals surface area contributed by atoms with Crippen LogP contribution in [0.3, 0.4) is 0 Å². The first-order chi connectivity index (χ1) is 9.11. The van der Waals surface area contributed by atoms with E-state index in [9.17, 15) is 0 Å². The lowest BCUT2D eigenvalue weighted by Gasteiger charge is -2.14. The van der Waals surface area contributed by atoms with Crippen molar-refractivity contribution in [3.8, 4) is 0 Å². The van der Waals surface area contributed by atoms with E-state index >= 15 is 0 Å². The van der Waals surface area contributed by atoms with E-state index in [0.29, 0.717) is 11.6 Å². The molecule has 2 rings (SSSR count). The number of aromatic nitrogens is 1. The van der Waals surface area contributed by atoms with Crippen LogP contribution < -0.4 is 4.80 Å². The van der Waals surface area contributed by atoms with Gasteiger partial charge in [0.25, 0.3) is 0 Å². The zero-order valence-corrected chi connectivity index (χ0v) is 12.8. The smallest absolute Gasteiger partial charge is 0.190 e. The highest BCUT2D eigenvalue weighted by molar-refractivity contribution is 7.07. The van der Waals surface area contributed by atoms with Gasteiger partial charge in [-0.25, -0.2) is 4.99 Å². The summed E-state index contributed by atoms with van der Waals surface area (Å²) in [6, 6.07) is 7.83. The van der Waals surface area contributed by atoms with Crippen molar-refractivity contribution in [3.63, 3.8) is 0 Å². The lowest BCUT2D eigenvalue weighted by Crippen LogP contribution is -2.23. The summed E-state index contributed by atoms with van der Waals surface area (Å²) in [5.41, 5.74) is 2.06. The van der Waals surface area contributed by atoms with Gasteiger partial charge in [-0.1, -0.05) is 17.7 Å². The molecule has 19 heavy (non-hydrogen) atoms. The Morgan fingerprint density at radius 1 is 1.47 bits per heavy atom. The summed E-state index contributed by atoms with van der Waals surface area (Å²) in [6.45, 7) is 4.88. The number of thiazole rings is 1. The van der Waals surface area contributed by atoms with Crippen molar-refractivity contribution in [2.75, 3.05) is 13.7 Å². The van der Waals surface area contributed by atoms with E-state index < -0.39 is 0 Å². The average Bonchev–Trinajstić information content (AvgIpc) is 2.71. The SMILES string of the molecule is COCC(C)n1c(C)csc1=Nc1cccc(Cl)c1. The molecule has 0 bridgehead atoms. The number of hydrogen-bond acceptors (Lipinski definition) is 3. The Hall–Kier alpha value is -1.10. The monoisotopic (exact) mass is 296 g/mol. The van der Waals surface area contributed by atoms with Gasteiger partial charge >= 0.3 is 0 Å². The number of halogens is 1. The molecule has 2 aromatic rings. The molecule has 5 heteroatoms. The molecule has 0 aliphatic heterocycles. The average molecular weight is 297 g/mol. The summed E-state index contributed by atoms with van der Waals surface area (Å²) < 4.78 is 7.42. The predicted octanol–water partition coefficient (Wildman–Crippen LogP) is 3.95. The number of hydrogen-bond donors (Lipinski definition) is 0. The van der Waals surface area contributed by atoms with E-state index in [4.69, 9.17) is 16.3 Å². The fourth-order valence-corrected chi connectivity index (χ4v) is 3.16. The van der Waals surface area contributed by atoms with Gasteiger partial charge in [0.2, 0.25) is 0 Å². The molecule has 0 aliphatic carbocycles. The minimum absolute atomic E-state index is 0.259. The van der Waals surface area contributed by atoms with Gasteiger partial charge in [-0.15, -0.1) is 11.3 Å². The number of nitrogens with zero attached hydrogens (tertiary/aromatic N) is 2. The van der Waals surface area contributed by atoms with E-state index in [2.05, 4.69) is 28.8 Å². The van der Waals surface area contributed by atoms with Gasteiger partial charge in [0.1, 0.15) is 0 Å². The Bertz CT molecular complexity index is 618. The largest absolute Gasteiger partial charge is 0.383 e. The third kappa shape index (κ3) is 3.47. The van der Waals surface area contributed by atoms with E-state index in [1.807, 2.05) is 24.3 Å². The normalized spacial score (nSPS) is 13.8. The lowest BCUT2D eigenvalue weighted by molar-refractivity contribution is 0.160. The van der Waals surface area contributed by atoms with Crippen LogP contribution in [0.5, 0.6) is 0 Å². The Labute approximate surface area is 122 Å². The quantitative estimate of drug-likeness (QED) is 0.839. The van der Waals surface area contributed by atoms with Crippen molar-refractivity contribution in [2.24, 2.45) is 4.99 Å². The summed E-state index contributed by atoms with van der Waals surface area (Å²) in [4.78, 5) is 5.63. The number of benzene rings is 1. The van der Waals surface area contributed by atoms with E-state index in [0.717, 1.165) is 10.5 Å². The number of ether oxygens (including phenoxy) is 1. The van der Waals surface area contributed by atoms with Crippen LogP contribution in [0.2, 0.25) is 5.02 Å². The summed E-state index contributed by atoms with van der Waals surface area (Å²) in [7, 11) is 1.71. The highest BCUT2D eigenvalue weighted by atomic mass is 35.5. The summed E-state index contributed by atoms with van der Waals surface area (Å²) in [5, 5.41) is 2.81. The fourth-order valence-electron chi connectivity index (χ4n) is 1.99. The van der Waals surface area contributed by atoms with Gasteiger partial charge in [-0.05, 0) is 32.0 Å². The van der Waals surface area contributed by atoms with Crippen LogP contribution in [-0.4, -0.2) is 18.3 Å². The minimum Gasteiger partial charge on any atom is -0.383 e. The maximum absolute atomic E-state index is 5.98. The highest BCUT2D eigenvalue weighted by Crippen LogP contribution is 2.18. The molecule has 0 saturated carbocycles. The Balaban J connectivity index is 2.45. The molecule has 1 atom stereocenters. The molecule has 0 aliphatic rings. The summed E-state index contributed by atoms with van der Waals surface area (Å²) >= 11 is 7.61. The van der Waals surface area contributed by atoms with Gasteiger partial charge in [0.15, 0.2) is 4.80 Å². The minimum atomic E-state index is 0.259. The summed E-state index contributed by atoms with van der Waals surface area (Å²) in [5.74, 6) is 0. The first-order valence-corrected chi connectivity index (χ1v) is 7.33. The van der Waals surface area contributed by atoms with Crippen LogP contribution in [0.1, 0.15) is 18.7 Å². The molecule has 0 spiro atoms. The molecule has 1 aromatic carbocycles. The van der Waals surface area contributed by atoms with Crippen LogP contribution in [0.25, 0.3) is 0 Å². The Morgan fingerprint density at radius 2 is 2.26 bits per heavy atom. The maximum atomic E-state index is 5.98. The Morgan fingerprint density at radius 3 is 2.95 bits per heavy atom. The second-order valence-electron chi connectivity index (χ2n) is 4.43. The van der Waals surface area contributed by atoms with Crippen molar-refractivity contribution in [1.82, 2.24) is 4.57 Å². The highest BCUT2D eigenvalue weighted by Gasteiger charge is 2.09. The van der Waals surface area contributed by atoms with Gasteiger partial charge in [-0.3, -0.25) is 0 Å². The van der Waals surface area contributed by atoms with Crippen LogP contribution in [0, 0.1) is 6.92 Å². The van der Waals surface area contributed by atoms with Crippen molar-refractivity contribution in [2.45, 2.75) is 19.9 Å². The predicted molar refractivity (Wildman–Crippen MR) is 80.3 cm³/mol. The molecule has 0 N–H and O–H groups in total. The molecular weight excluding hydrogens is 280 g/mol. The number of methoxy groups -OCH3 is 1. The van der Waals surface area contributed by atoms with Crippen LogP contribution in [-0.2, 0) is 4.74 Å². The van der Waals surface area contributed by atoms with Crippen LogP contribution >= 0.6 is 22.9 Å². The van der Waals surface area contributed by atoms with Crippen LogP contribution in [0.15, 0.2) is 34.6 Å². The van der Waals surface area contributed by atoms with Crippen LogP contribution in [0.4, 0.5) is 5.69 Å². The van der Waals surface area contributed by atoms with Crippen molar-refractivity contribution >= 4 is 28.6 Å². The molecular formula is C14H17ClN2OS. The third-order valence-electron chi connectivity index (χ3n) is 2.80. The molecule has 1 heterocycles. The molecule has 0 radical (unpaired) electrons. The van der Waals surface area contributed by atoms with Gasteiger partial charge in [0, 0.05) is 23.2 Å². The number of aryl methyl sites for hydroxylation is 1. The van der Waals surface area contributed by atoms with Crippen molar-refractivity contribution in [1.29, 1.82) is 0 Å². The number of rotatable bonds is 4. The molecule has 0 fully saturated rings. The third-order valence-corrected chi connectivity index (χ3v) is 4.00. The van der Waals surface area contributed by atoms with E-state index in [1.54, 1.807) is 18.4 Å². The Kier molecular flexibility index (Phi) is 4.80. The second-order valence-corrected chi connectivity index (χ2v) is 5.70. The first-order valence-electron chi connectivity index (χ1n) is 6.07.